The highest BCUT2D eigenvalue weighted by Gasteiger charge is 2.41. The molecular formula is C17H21NO4. The molecule has 0 saturated carbocycles. The quantitative estimate of drug-likeness (QED) is 0.869. The SMILES string of the molecule is O=C(C1CCCc2ccccc21)N1CCC(O)(C(=O)O)CC1. The fraction of sp³-hybridized carbons (Fsp3) is 0.529. The fourth-order valence-electron chi connectivity index (χ4n) is 3.54. The Morgan fingerprint density at radius 1 is 1.18 bits per heavy atom. The number of nitrogens with zero attached hydrogens (tertiary/aromatic N) is 1. The van der Waals surface area contributed by atoms with Gasteiger partial charge in [0.05, 0.1) is 5.92 Å². The van der Waals surface area contributed by atoms with Gasteiger partial charge in [0.1, 0.15) is 0 Å². The maximum atomic E-state index is 12.8. The average molecular weight is 303 g/mol. The normalized spacial score (nSPS) is 23.7. The molecule has 1 aromatic carbocycles. The highest BCUT2D eigenvalue weighted by Crippen LogP contribution is 2.34. The molecular weight excluding hydrogens is 282 g/mol. The minimum absolute atomic E-state index is 0.0691. The predicted octanol–water partition coefficient (Wildman–Crippen LogP) is 1.54. The summed E-state index contributed by atoms with van der Waals surface area (Å²) in [6.45, 7) is 0.612. The second kappa shape index (κ2) is 5.72. The van der Waals surface area contributed by atoms with E-state index < -0.39 is 11.6 Å². The van der Waals surface area contributed by atoms with Crippen LogP contribution in [0.25, 0.3) is 0 Å². The van der Waals surface area contributed by atoms with Crippen molar-refractivity contribution in [1.29, 1.82) is 0 Å². The van der Waals surface area contributed by atoms with Gasteiger partial charge in [-0.05, 0) is 30.4 Å². The molecule has 1 saturated heterocycles. The molecule has 22 heavy (non-hydrogen) atoms. The summed E-state index contributed by atoms with van der Waals surface area (Å²) in [6, 6.07) is 8.06. The number of amides is 1. The van der Waals surface area contributed by atoms with Gasteiger partial charge in [-0.3, -0.25) is 4.79 Å². The van der Waals surface area contributed by atoms with Crippen molar-refractivity contribution in [2.45, 2.75) is 43.6 Å². The number of carboxylic acid groups (broad SMARTS) is 1. The molecule has 1 heterocycles. The Balaban J connectivity index is 1.73. The van der Waals surface area contributed by atoms with E-state index >= 15 is 0 Å². The van der Waals surface area contributed by atoms with Crippen LogP contribution in [0.4, 0.5) is 0 Å². The van der Waals surface area contributed by atoms with Gasteiger partial charge in [-0.2, -0.15) is 0 Å². The minimum Gasteiger partial charge on any atom is -0.479 e. The van der Waals surface area contributed by atoms with Gasteiger partial charge in [-0.15, -0.1) is 0 Å². The first kappa shape index (κ1) is 15.0. The zero-order valence-electron chi connectivity index (χ0n) is 12.5. The molecule has 118 valence electrons. The number of hydrogen-bond donors (Lipinski definition) is 2. The maximum Gasteiger partial charge on any atom is 0.335 e. The summed E-state index contributed by atoms with van der Waals surface area (Å²) in [5.41, 5.74) is 0.672. The number of carbonyl (C=O) groups is 2. The van der Waals surface area contributed by atoms with Crippen molar-refractivity contribution in [3.05, 3.63) is 35.4 Å². The predicted molar refractivity (Wildman–Crippen MR) is 80.5 cm³/mol. The van der Waals surface area contributed by atoms with Crippen molar-refractivity contribution in [2.24, 2.45) is 0 Å². The van der Waals surface area contributed by atoms with E-state index in [4.69, 9.17) is 5.11 Å². The van der Waals surface area contributed by atoms with Crippen LogP contribution in [0.15, 0.2) is 24.3 Å². The molecule has 1 amide bonds. The molecule has 0 aromatic heterocycles. The van der Waals surface area contributed by atoms with E-state index in [1.807, 2.05) is 18.2 Å². The van der Waals surface area contributed by atoms with E-state index in [-0.39, 0.29) is 24.7 Å². The molecule has 5 heteroatoms. The number of rotatable bonds is 2. The van der Waals surface area contributed by atoms with Crippen molar-refractivity contribution in [3.8, 4) is 0 Å². The fourth-order valence-corrected chi connectivity index (χ4v) is 3.54. The molecule has 1 aliphatic heterocycles. The number of carboxylic acids is 1. The molecule has 2 aliphatic rings. The third kappa shape index (κ3) is 2.61. The maximum absolute atomic E-state index is 12.8. The molecule has 3 rings (SSSR count). The Bertz CT molecular complexity index is 590. The van der Waals surface area contributed by atoms with E-state index in [2.05, 4.69) is 6.07 Å². The summed E-state index contributed by atoms with van der Waals surface area (Å²) in [5.74, 6) is -1.25. The van der Waals surface area contributed by atoms with Crippen LogP contribution < -0.4 is 0 Å². The first-order chi connectivity index (χ1) is 10.5. The highest BCUT2D eigenvalue weighted by atomic mass is 16.4. The lowest BCUT2D eigenvalue weighted by atomic mass is 9.81. The number of benzene rings is 1. The van der Waals surface area contributed by atoms with Gasteiger partial charge in [-0.1, -0.05) is 24.3 Å². The zero-order valence-corrected chi connectivity index (χ0v) is 12.5. The molecule has 2 N–H and O–H groups in total. The smallest absolute Gasteiger partial charge is 0.335 e. The van der Waals surface area contributed by atoms with Gasteiger partial charge in [0, 0.05) is 25.9 Å². The van der Waals surface area contributed by atoms with E-state index in [0.29, 0.717) is 13.1 Å². The summed E-state index contributed by atoms with van der Waals surface area (Å²) in [7, 11) is 0. The van der Waals surface area contributed by atoms with Crippen LogP contribution >= 0.6 is 0 Å². The minimum atomic E-state index is -1.68. The topological polar surface area (TPSA) is 77.8 Å². The molecule has 1 aliphatic carbocycles. The first-order valence-electron chi connectivity index (χ1n) is 7.84. The number of likely N-dealkylation sites (tertiary alicyclic amines) is 1. The summed E-state index contributed by atoms with van der Waals surface area (Å²) in [6.07, 6.45) is 3.06. The standard InChI is InChI=1S/C17H21NO4/c19-15(18-10-8-17(22,9-11-18)16(20)21)14-7-3-5-12-4-1-2-6-13(12)14/h1-2,4,6,14,22H,3,5,7-11H2,(H,20,21). The summed E-state index contributed by atoms with van der Waals surface area (Å²) < 4.78 is 0. The number of piperidine rings is 1. The van der Waals surface area contributed by atoms with Crippen LogP contribution in [0, 0.1) is 0 Å². The Kier molecular flexibility index (Phi) is 3.91. The van der Waals surface area contributed by atoms with Gasteiger partial charge >= 0.3 is 5.97 Å². The molecule has 0 radical (unpaired) electrons. The Hall–Kier alpha value is -1.88. The second-order valence-electron chi connectivity index (χ2n) is 6.31. The summed E-state index contributed by atoms with van der Waals surface area (Å²) in [4.78, 5) is 25.6. The Labute approximate surface area is 129 Å². The average Bonchev–Trinajstić information content (AvgIpc) is 2.54. The monoisotopic (exact) mass is 303 g/mol. The van der Waals surface area contributed by atoms with Crippen LogP contribution in [0.3, 0.4) is 0 Å². The largest absolute Gasteiger partial charge is 0.479 e. The van der Waals surface area contributed by atoms with Gasteiger partial charge in [0.2, 0.25) is 5.91 Å². The highest BCUT2D eigenvalue weighted by molar-refractivity contribution is 5.85. The van der Waals surface area contributed by atoms with Crippen LogP contribution in [0.5, 0.6) is 0 Å². The van der Waals surface area contributed by atoms with Crippen molar-refractivity contribution < 1.29 is 19.8 Å². The van der Waals surface area contributed by atoms with E-state index in [0.717, 1.165) is 24.8 Å². The number of fused-ring (bicyclic) bond motifs is 1. The van der Waals surface area contributed by atoms with Crippen LogP contribution in [0.1, 0.15) is 42.7 Å². The number of carbonyl (C=O) groups excluding carboxylic acids is 1. The van der Waals surface area contributed by atoms with Crippen LogP contribution in [-0.2, 0) is 16.0 Å². The number of hydrogen-bond acceptors (Lipinski definition) is 3. The van der Waals surface area contributed by atoms with Gasteiger partial charge in [0.25, 0.3) is 0 Å². The lowest BCUT2D eigenvalue weighted by Gasteiger charge is -2.38. The number of aliphatic carboxylic acids is 1. The van der Waals surface area contributed by atoms with E-state index in [9.17, 15) is 14.7 Å². The van der Waals surface area contributed by atoms with Crippen molar-refractivity contribution in [3.63, 3.8) is 0 Å². The van der Waals surface area contributed by atoms with Crippen LogP contribution in [0.2, 0.25) is 0 Å². The van der Waals surface area contributed by atoms with E-state index in [1.54, 1.807) is 4.90 Å². The third-order valence-corrected chi connectivity index (χ3v) is 4.97. The van der Waals surface area contributed by atoms with Crippen molar-refractivity contribution in [2.75, 3.05) is 13.1 Å². The van der Waals surface area contributed by atoms with Gasteiger partial charge in [0.15, 0.2) is 5.60 Å². The third-order valence-electron chi connectivity index (χ3n) is 4.97. The molecule has 0 spiro atoms. The van der Waals surface area contributed by atoms with E-state index in [1.165, 1.54) is 5.56 Å². The Morgan fingerprint density at radius 3 is 2.55 bits per heavy atom. The lowest BCUT2D eigenvalue weighted by molar-refractivity contribution is -0.165. The summed E-state index contributed by atoms with van der Waals surface area (Å²) in [5, 5.41) is 19.0. The molecule has 0 bridgehead atoms. The Morgan fingerprint density at radius 2 is 1.86 bits per heavy atom. The lowest BCUT2D eigenvalue weighted by Crippen LogP contribution is -2.51. The zero-order chi connectivity index (χ0) is 15.7. The first-order valence-corrected chi connectivity index (χ1v) is 7.84. The molecule has 5 nitrogen and oxygen atoms in total. The molecule has 1 unspecified atom stereocenters. The molecule has 1 fully saturated rings. The summed E-state index contributed by atoms with van der Waals surface area (Å²) >= 11 is 0. The van der Waals surface area contributed by atoms with Gasteiger partial charge in [-0.25, -0.2) is 4.79 Å². The number of aliphatic hydroxyl groups is 1. The number of aryl methyl sites for hydroxylation is 1. The molecule has 1 atom stereocenters. The van der Waals surface area contributed by atoms with Gasteiger partial charge < -0.3 is 15.1 Å². The molecule has 1 aromatic rings. The van der Waals surface area contributed by atoms with Crippen LogP contribution in [-0.4, -0.2) is 45.7 Å². The second-order valence-corrected chi connectivity index (χ2v) is 6.31. The van der Waals surface area contributed by atoms with Crippen molar-refractivity contribution in [1.82, 2.24) is 4.90 Å². The van der Waals surface area contributed by atoms with Crippen molar-refractivity contribution >= 4 is 11.9 Å².